The SMILES string of the molecule is C=C1C(=CC=C2CCC[C@]3(C)[C@@H]([C@H](C)C=C[C@H](O)C4(c5nc(C)co5)CC4)CC[C@@H]23)C[C@@H](O[Si](C)(C)C(C)(C)C)C[C@@H]1O[Si](C)(C)C(C)(C)C. The molecule has 0 aliphatic heterocycles. The zero-order chi connectivity index (χ0) is 37.1. The molecule has 0 aromatic carbocycles. The summed E-state index contributed by atoms with van der Waals surface area (Å²) < 4.78 is 19.9. The lowest BCUT2D eigenvalue weighted by atomic mass is 9.61. The minimum Gasteiger partial charge on any atom is -0.448 e. The fourth-order valence-electron chi connectivity index (χ4n) is 8.86. The van der Waals surface area contributed by atoms with Crippen LogP contribution in [0, 0.1) is 30.1 Å². The summed E-state index contributed by atoms with van der Waals surface area (Å²) >= 11 is 0. The second-order valence-corrected chi connectivity index (χ2v) is 29.5. The van der Waals surface area contributed by atoms with Crippen molar-refractivity contribution in [2.24, 2.45) is 23.2 Å². The van der Waals surface area contributed by atoms with E-state index in [2.05, 4.69) is 111 Å². The lowest BCUT2D eigenvalue weighted by molar-refractivity contribution is 0.0969. The van der Waals surface area contributed by atoms with Gasteiger partial charge in [0.15, 0.2) is 16.6 Å². The smallest absolute Gasteiger partial charge is 0.203 e. The van der Waals surface area contributed by atoms with Crippen LogP contribution in [0.1, 0.15) is 125 Å². The predicted molar refractivity (Wildman–Crippen MR) is 213 cm³/mol. The molecule has 5 rings (SSSR count). The Labute approximate surface area is 307 Å². The molecule has 1 N–H and O–H groups in total. The molecule has 5 nitrogen and oxygen atoms in total. The van der Waals surface area contributed by atoms with Gasteiger partial charge in [-0.15, -0.1) is 0 Å². The Morgan fingerprint density at radius 3 is 2.20 bits per heavy atom. The van der Waals surface area contributed by atoms with Crippen molar-refractivity contribution >= 4 is 16.6 Å². The van der Waals surface area contributed by atoms with Crippen LogP contribution in [-0.2, 0) is 14.3 Å². The summed E-state index contributed by atoms with van der Waals surface area (Å²) in [5.41, 5.74) is 4.90. The highest BCUT2D eigenvalue weighted by Crippen LogP contribution is 2.60. The van der Waals surface area contributed by atoms with Crippen LogP contribution in [0.25, 0.3) is 0 Å². The average molecular weight is 722 g/mol. The third-order valence-corrected chi connectivity index (χ3v) is 23.4. The van der Waals surface area contributed by atoms with Gasteiger partial charge in [0.1, 0.15) is 6.26 Å². The zero-order valence-electron chi connectivity index (χ0n) is 34.0. The van der Waals surface area contributed by atoms with Gasteiger partial charge in [0.2, 0.25) is 5.89 Å². The van der Waals surface area contributed by atoms with Crippen molar-refractivity contribution in [1.29, 1.82) is 0 Å². The molecule has 7 atom stereocenters. The lowest BCUT2D eigenvalue weighted by Crippen LogP contribution is -2.49. The Kier molecular flexibility index (Phi) is 11.1. The Morgan fingerprint density at radius 2 is 1.62 bits per heavy atom. The van der Waals surface area contributed by atoms with Gasteiger partial charge in [0, 0.05) is 6.42 Å². The van der Waals surface area contributed by atoms with Crippen LogP contribution >= 0.6 is 0 Å². The number of nitrogens with zero attached hydrogens (tertiary/aromatic N) is 1. The largest absolute Gasteiger partial charge is 0.448 e. The molecule has 0 radical (unpaired) electrons. The molecule has 280 valence electrons. The quantitative estimate of drug-likeness (QED) is 0.192. The molecule has 0 unspecified atom stereocenters. The van der Waals surface area contributed by atoms with Gasteiger partial charge < -0.3 is 18.4 Å². The molecule has 1 heterocycles. The van der Waals surface area contributed by atoms with Gasteiger partial charge >= 0.3 is 0 Å². The van der Waals surface area contributed by atoms with E-state index in [0.717, 1.165) is 37.0 Å². The van der Waals surface area contributed by atoms with E-state index >= 15 is 0 Å². The maximum atomic E-state index is 11.3. The van der Waals surface area contributed by atoms with Crippen LogP contribution < -0.4 is 0 Å². The maximum Gasteiger partial charge on any atom is 0.203 e. The maximum absolute atomic E-state index is 11.3. The average Bonchev–Trinajstić information content (AvgIpc) is 3.56. The molecular weight excluding hydrogens is 651 g/mol. The summed E-state index contributed by atoms with van der Waals surface area (Å²) in [6.07, 6.45) is 20.4. The van der Waals surface area contributed by atoms with Crippen molar-refractivity contribution in [2.45, 2.75) is 180 Å². The Bertz CT molecular complexity index is 1480. The van der Waals surface area contributed by atoms with Gasteiger partial charge in [-0.2, -0.15) is 0 Å². The molecule has 0 bridgehead atoms. The summed E-state index contributed by atoms with van der Waals surface area (Å²) in [5.74, 6) is 2.29. The number of hydrogen-bond donors (Lipinski definition) is 1. The van der Waals surface area contributed by atoms with E-state index in [4.69, 9.17) is 19.8 Å². The fourth-order valence-corrected chi connectivity index (χ4v) is 11.5. The number of aryl methyl sites for hydroxylation is 1. The molecule has 1 aromatic heterocycles. The number of rotatable bonds is 10. The van der Waals surface area contributed by atoms with E-state index in [0.29, 0.717) is 23.6 Å². The second kappa shape index (κ2) is 14.0. The summed E-state index contributed by atoms with van der Waals surface area (Å²) in [7, 11) is -3.96. The minimum absolute atomic E-state index is 0.00176. The second-order valence-electron chi connectivity index (χ2n) is 20.0. The van der Waals surface area contributed by atoms with Crippen LogP contribution in [0.4, 0.5) is 0 Å². The molecule has 0 saturated heterocycles. The summed E-state index contributed by atoms with van der Waals surface area (Å²) in [4.78, 5) is 4.57. The number of aromatic nitrogens is 1. The molecule has 0 spiro atoms. The Balaban J connectivity index is 1.34. The van der Waals surface area contributed by atoms with Crippen molar-refractivity contribution in [3.8, 4) is 0 Å². The normalized spacial score (nSPS) is 32.2. The minimum atomic E-state index is -2.00. The number of aliphatic hydroxyl groups is 1. The van der Waals surface area contributed by atoms with Crippen LogP contribution in [0.2, 0.25) is 36.3 Å². The van der Waals surface area contributed by atoms with Gasteiger partial charge in [0.25, 0.3) is 0 Å². The highest BCUT2D eigenvalue weighted by molar-refractivity contribution is 6.74. The summed E-state index contributed by atoms with van der Waals surface area (Å²) in [5, 5.41) is 11.6. The molecule has 4 saturated carbocycles. The van der Waals surface area contributed by atoms with Gasteiger partial charge in [-0.3, -0.25) is 0 Å². The first-order valence-corrected chi connectivity index (χ1v) is 25.6. The predicted octanol–water partition coefficient (Wildman–Crippen LogP) is 11.8. The monoisotopic (exact) mass is 721 g/mol. The highest BCUT2D eigenvalue weighted by Gasteiger charge is 2.54. The molecule has 1 aromatic rings. The van der Waals surface area contributed by atoms with Crippen molar-refractivity contribution < 1.29 is 18.4 Å². The third kappa shape index (κ3) is 7.88. The lowest BCUT2D eigenvalue weighted by Gasteiger charge is -2.45. The molecule has 4 fully saturated rings. The summed E-state index contributed by atoms with van der Waals surface area (Å²) in [6, 6.07) is 0. The molecule has 7 heteroatoms. The first kappa shape index (κ1) is 39.7. The van der Waals surface area contributed by atoms with E-state index in [9.17, 15) is 5.11 Å². The van der Waals surface area contributed by atoms with E-state index in [1.165, 1.54) is 37.7 Å². The van der Waals surface area contributed by atoms with Gasteiger partial charge in [-0.1, -0.05) is 91.8 Å². The fraction of sp³-hybridized carbons (Fsp3) is 0.744. The van der Waals surface area contributed by atoms with Crippen LogP contribution in [-0.4, -0.2) is 45.0 Å². The van der Waals surface area contributed by atoms with Crippen molar-refractivity contribution in [1.82, 2.24) is 4.98 Å². The molecule has 0 amide bonds. The molecular formula is C43H71NO4Si2. The molecule has 4 aliphatic carbocycles. The first-order valence-electron chi connectivity index (χ1n) is 19.7. The summed E-state index contributed by atoms with van der Waals surface area (Å²) in [6.45, 7) is 35.0. The highest BCUT2D eigenvalue weighted by atomic mass is 28.4. The third-order valence-electron chi connectivity index (χ3n) is 14.4. The number of fused-ring (bicyclic) bond motifs is 1. The Morgan fingerprint density at radius 1 is 0.980 bits per heavy atom. The van der Waals surface area contributed by atoms with E-state index in [1.54, 1.807) is 11.8 Å². The first-order chi connectivity index (χ1) is 23.0. The molecule has 50 heavy (non-hydrogen) atoms. The van der Waals surface area contributed by atoms with Crippen LogP contribution in [0.5, 0.6) is 0 Å². The number of oxazole rings is 1. The van der Waals surface area contributed by atoms with E-state index in [1.807, 2.05) is 6.92 Å². The van der Waals surface area contributed by atoms with Gasteiger partial charge in [-0.25, -0.2) is 4.98 Å². The topological polar surface area (TPSA) is 64.7 Å². The van der Waals surface area contributed by atoms with Crippen LogP contribution in [0.3, 0.4) is 0 Å². The van der Waals surface area contributed by atoms with E-state index in [-0.39, 0.29) is 33.1 Å². The van der Waals surface area contributed by atoms with Crippen LogP contribution in [0.15, 0.2) is 58.3 Å². The zero-order valence-corrected chi connectivity index (χ0v) is 36.0. The van der Waals surface area contributed by atoms with Crippen molar-refractivity contribution in [3.63, 3.8) is 0 Å². The molecule has 4 aliphatic rings. The number of allylic oxidation sites excluding steroid dienone is 4. The van der Waals surface area contributed by atoms with Crippen molar-refractivity contribution in [3.05, 3.63) is 65.5 Å². The number of aliphatic hydroxyl groups excluding tert-OH is 1. The number of hydrogen-bond acceptors (Lipinski definition) is 5. The van der Waals surface area contributed by atoms with Gasteiger partial charge in [0.05, 0.1) is 29.4 Å². The van der Waals surface area contributed by atoms with Crippen molar-refractivity contribution in [2.75, 3.05) is 0 Å². The van der Waals surface area contributed by atoms with E-state index < -0.39 is 22.7 Å². The standard InChI is InChI=1S/C43H71NO4Si2/c1-29(17-22-38(45)43(24-25-43)39-44-30(2)28-46-39)35-20-21-36-32(16-15-23-42(35,36)10)18-19-33-26-34(47-49(11,12)40(4,5)6)27-37(31(33)3)48-50(13,14)41(7,8)9/h17-19,22,28-29,34-38,45H,3,15-16,20-21,23-27H2,1-2,4-14H3/t29-,34-,35-,36+,37+,38+,42-/m1/s1. The Hall–Kier alpha value is -1.52. The van der Waals surface area contributed by atoms with Gasteiger partial charge in [-0.05, 0) is 129 Å².